The molecule has 0 heterocycles. The van der Waals surface area contributed by atoms with Gasteiger partial charge >= 0.3 is 11.9 Å². The summed E-state index contributed by atoms with van der Waals surface area (Å²) in [6, 6.07) is 0. The van der Waals surface area contributed by atoms with Crippen molar-refractivity contribution < 1.29 is 23.8 Å². The van der Waals surface area contributed by atoms with Gasteiger partial charge in [-0.05, 0) is 44.9 Å². The van der Waals surface area contributed by atoms with Crippen LogP contribution >= 0.6 is 0 Å². The number of ether oxygens (including phenoxy) is 3. The number of hydrogen-bond donors (Lipinski definition) is 0. The van der Waals surface area contributed by atoms with Gasteiger partial charge in [0, 0.05) is 19.4 Å². The minimum Gasteiger partial charge on any atom is -0.463 e. The molecule has 0 saturated carbocycles. The van der Waals surface area contributed by atoms with Crippen LogP contribution in [0.15, 0.2) is 12.2 Å². The van der Waals surface area contributed by atoms with Crippen molar-refractivity contribution in [2.75, 3.05) is 19.8 Å². The van der Waals surface area contributed by atoms with Crippen LogP contribution in [0.3, 0.4) is 0 Å². The molecule has 0 unspecified atom stereocenters. The molecule has 0 saturated heterocycles. The molecule has 0 bridgehead atoms. The van der Waals surface area contributed by atoms with E-state index in [9.17, 15) is 9.59 Å². The van der Waals surface area contributed by atoms with E-state index in [-0.39, 0.29) is 25.2 Å². The zero-order valence-electron chi connectivity index (χ0n) is 46.7. The van der Waals surface area contributed by atoms with Crippen molar-refractivity contribution in [3.8, 4) is 0 Å². The topological polar surface area (TPSA) is 61.8 Å². The molecule has 0 spiro atoms. The molecule has 5 heteroatoms. The van der Waals surface area contributed by atoms with Gasteiger partial charge in [0.05, 0.1) is 0 Å². The number of esters is 2. The standard InChI is InChI=1S/C63H122O5/c1-4-7-10-13-16-19-22-25-28-30-31-32-33-34-36-39-42-45-48-51-54-57-63(65)68-60-61(66-58-55-52-49-46-43-40-37-29-26-23-20-17-14-11-8-5-2)59-67-62(64)56-53-50-47-44-41-38-35-27-24-21-18-15-12-9-6-3/h21,24,61H,4-20,22-23,25-60H2,1-3H3/b24-21-/t61-/m1/s1. The third kappa shape index (κ3) is 57.2. The molecule has 0 aromatic heterocycles. The van der Waals surface area contributed by atoms with Crippen molar-refractivity contribution >= 4 is 11.9 Å². The third-order valence-electron chi connectivity index (χ3n) is 14.3. The van der Waals surface area contributed by atoms with Crippen LogP contribution in [0, 0.1) is 0 Å². The molecule has 0 aliphatic heterocycles. The molecule has 0 aliphatic carbocycles. The molecule has 0 aliphatic rings. The molecule has 5 nitrogen and oxygen atoms in total. The second-order valence-electron chi connectivity index (χ2n) is 21.3. The SMILES string of the molecule is CCCCCC/C=C\CCCCCCCCCC(=O)OC[C@H](COC(=O)CCCCCCCCCCCCCCCCCCCCCCC)OCCCCCCCCCCCCCCCCCC. The Morgan fingerprint density at radius 2 is 0.515 bits per heavy atom. The van der Waals surface area contributed by atoms with Crippen molar-refractivity contribution in [2.24, 2.45) is 0 Å². The van der Waals surface area contributed by atoms with E-state index >= 15 is 0 Å². The number of carbonyl (C=O) groups is 2. The van der Waals surface area contributed by atoms with Crippen LogP contribution in [-0.2, 0) is 23.8 Å². The fourth-order valence-electron chi connectivity index (χ4n) is 9.60. The molecular weight excluding hydrogens is 837 g/mol. The van der Waals surface area contributed by atoms with E-state index < -0.39 is 6.10 Å². The van der Waals surface area contributed by atoms with Gasteiger partial charge in [0.2, 0.25) is 0 Å². The highest BCUT2D eigenvalue weighted by molar-refractivity contribution is 5.69. The fourth-order valence-corrected chi connectivity index (χ4v) is 9.60. The van der Waals surface area contributed by atoms with E-state index in [0.717, 1.165) is 38.5 Å². The van der Waals surface area contributed by atoms with Crippen molar-refractivity contribution in [3.63, 3.8) is 0 Å². The second-order valence-corrected chi connectivity index (χ2v) is 21.3. The summed E-state index contributed by atoms with van der Waals surface area (Å²) >= 11 is 0. The highest BCUT2D eigenvalue weighted by Gasteiger charge is 2.16. The molecule has 0 aromatic rings. The van der Waals surface area contributed by atoms with Gasteiger partial charge in [-0.1, -0.05) is 309 Å². The van der Waals surface area contributed by atoms with E-state index in [0.29, 0.717) is 19.4 Å². The summed E-state index contributed by atoms with van der Waals surface area (Å²) < 4.78 is 17.6. The van der Waals surface area contributed by atoms with E-state index in [1.807, 2.05) is 0 Å². The lowest BCUT2D eigenvalue weighted by Gasteiger charge is -2.18. The Kier molecular flexibility index (Phi) is 58.7. The van der Waals surface area contributed by atoms with Gasteiger partial charge in [-0.2, -0.15) is 0 Å². The maximum absolute atomic E-state index is 12.7. The van der Waals surface area contributed by atoms with Gasteiger partial charge in [0.1, 0.15) is 19.3 Å². The molecule has 0 amide bonds. The van der Waals surface area contributed by atoms with Crippen molar-refractivity contribution in [2.45, 2.75) is 361 Å². The zero-order chi connectivity index (χ0) is 49.2. The predicted octanol–water partition coefficient (Wildman–Crippen LogP) is 21.4. The van der Waals surface area contributed by atoms with Crippen molar-refractivity contribution in [1.82, 2.24) is 0 Å². The Hall–Kier alpha value is -1.36. The number of unbranched alkanes of at least 4 members (excludes halogenated alkanes) is 46. The maximum atomic E-state index is 12.7. The van der Waals surface area contributed by atoms with Gasteiger partial charge in [-0.25, -0.2) is 0 Å². The Balaban J connectivity index is 4.16. The van der Waals surface area contributed by atoms with Crippen LogP contribution in [0.2, 0.25) is 0 Å². The average molecular weight is 960 g/mol. The molecular formula is C63H122O5. The van der Waals surface area contributed by atoms with Crippen molar-refractivity contribution in [1.29, 1.82) is 0 Å². The molecule has 0 N–H and O–H groups in total. The van der Waals surface area contributed by atoms with E-state index in [4.69, 9.17) is 14.2 Å². The average Bonchev–Trinajstić information content (AvgIpc) is 3.34. The molecule has 0 rings (SSSR count). The van der Waals surface area contributed by atoms with Crippen LogP contribution in [0.4, 0.5) is 0 Å². The highest BCUT2D eigenvalue weighted by atomic mass is 16.6. The lowest BCUT2D eigenvalue weighted by Crippen LogP contribution is -2.29. The first-order valence-electron chi connectivity index (χ1n) is 31.2. The van der Waals surface area contributed by atoms with Crippen LogP contribution in [0.25, 0.3) is 0 Å². The Bertz CT molecular complexity index is 994. The molecule has 0 radical (unpaired) electrons. The number of carbonyl (C=O) groups excluding carboxylic acids is 2. The fraction of sp³-hybridized carbons (Fsp3) is 0.937. The van der Waals surface area contributed by atoms with Gasteiger partial charge in [-0.15, -0.1) is 0 Å². The summed E-state index contributed by atoms with van der Waals surface area (Å²) in [4.78, 5) is 25.4. The molecule has 1 atom stereocenters. The first-order valence-corrected chi connectivity index (χ1v) is 31.2. The Morgan fingerprint density at radius 1 is 0.294 bits per heavy atom. The van der Waals surface area contributed by atoms with Crippen LogP contribution < -0.4 is 0 Å². The minimum absolute atomic E-state index is 0.153. The monoisotopic (exact) mass is 959 g/mol. The summed E-state index contributed by atoms with van der Waals surface area (Å²) in [6.45, 7) is 7.80. The van der Waals surface area contributed by atoms with Crippen molar-refractivity contribution in [3.05, 3.63) is 12.2 Å². The quantitative estimate of drug-likeness (QED) is 0.0345. The van der Waals surface area contributed by atoms with Crippen LogP contribution in [0.1, 0.15) is 355 Å². The van der Waals surface area contributed by atoms with E-state index in [1.165, 1.54) is 283 Å². The normalized spacial score (nSPS) is 12.1. The van der Waals surface area contributed by atoms with E-state index in [1.54, 1.807) is 0 Å². The maximum Gasteiger partial charge on any atom is 0.305 e. The third-order valence-corrected chi connectivity index (χ3v) is 14.3. The number of rotatable bonds is 59. The summed E-state index contributed by atoms with van der Waals surface area (Å²) in [7, 11) is 0. The molecule has 404 valence electrons. The van der Waals surface area contributed by atoms with Crippen LogP contribution in [-0.4, -0.2) is 37.9 Å². The summed E-state index contributed by atoms with van der Waals surface area (Å²) in [6.07, 6.45) is 71.2. The summed E-state index contributed by atoms with van der Waals surface area (Å²) in [5.74, 6) is -0.312. The first kappa shape index (κ1) is 66.6. The number of allylic oxidation sites excluding steroid dienone is 2. The first-order chi connectivity index (χ1) is 33.6. The predicted molar refractivity (Wildman–Crippen MR) is 298 cm³/mol. The van der Waals surface area contributed by atoms with E-state index in [2.05, 4.69) is 32.9 Å². The van der Waals surface area contributed by atoms with Gasteiger partial charge in [-0.3, -0.25) is 9.59 Å². The van der Waals surface area contributed by atoms with Crippen LogP contribution in [0.5, 0.6) is 0 Å². The van der Waals surface area contributed by atoms with Gasteiger partial charge < -0.3 is 14.2 Å². The van der Waals surface area contributed by atoms with Gasteiger partial charge in [0.15, 0.2) is 0 Å². The van der Waals surface area contributed by atoms with Gasteiger partial charge in [0.25, 0.3) is 0 Å². The highest BCUT2D eigenvalue weighted by Crippen LogP contribution is 2.18. The lowest BCUT2D eigenvalue weighted by atomic mass is 10.0. The largest absolute Gasteiger partial charge is 0.463 e. The Morgan fingerprint density at radius 3 is 0.794 bits per heavy atom. The smallest absolute Gasteiger partial charge is 0.305 e. The number of hydrogen-bond acceptors (Lipinski definition) is 5. The zero-order valence-corrected chi connectivity index (χ0v) is 46.7. The lowest BCUT2D eigenvalue weighted by molar-refractivity contribution is -0.155. The summed E-state index contributed by atoms with van der Waals surface area (Å²) in [5.41, 5.74) is 0. The Labute approximate surface area is 426 Å². The molecule has 0 aromatic carbocycles. The summed E-state index contributed by atoms with van der Waals surface area (Å²) in [5, 5.41) is 0. The second kappa shape index (κ2) is 59.9. The molecule has 68 heavy (non-hydrogen) atoms. The minimum atomic E-state index is -0.394. The molecule has 0 fully saturated rings.